The van der Waals surface area contributed by atoms with Gasteiger partial charge in [-0.25, -0.2) is 0 Å². The number of benzene rings is 1. The monoisotopic (exact) mass is 384 g/mol. The van der Waals surface area contributed by atoms with Gasteiger partial charge in [0.05, 0.1) is 5.92 Å². The Morgan fingerprint density at radius 1 is 1.30 bits per heavy atom. The minimum absolute atomic E-state index is 0.149. The van der Waals surface area contributed by atoms with Gasteiger partial charge < -0.3 is 9.84 Å². The van der Waals surface area contributed by atoms with Gasteiger partial charge in [-0.2, -0.15) is 23.3 Å². The predicted octanol–water partition coefficient (Wildman–Crippen LogP) is 3.71. The predicted molar refractivity (Wildman–Crippen MR) is 93.3 cm³/mol. The lowest BCUT2D eigenvalue weighted by Gasteiger charge is -2.37. The molecule has 1 aliphatic heterocycles. The summed E-state index contributed by atoms with van der Waals surface area (Å²) in [7, 11) is 0. The van der Waals surface area contributed by atoms with Crippen molar-refractivity contribution in [2.75, 3.05) is 6.61 Å². The van der Waals surface area contributed by atoms with Gasteiger partial charge >= 0.3 is 6.18 Å². The highest BCUT2D eigenvalue weighted by atomic mass is 19.4. The third kappa shape index (κ3) is 3.54. The number of amides is 1. The number of carbonyl (C=O) groups is 1. The second-order valence-electron chi connectivity index (χ2n) is 7.21. The average molecular weight is 384 g/mol. The van der Waals surface area contributed by atoms with Crippen molar-refractivity contribution in [1.82, 2.24) is 5.01 Å². The van der Waals surface area contributed by atoms with Crippen LogP contribution >= 0.6 is 0 Å². The third-order valence-corrected chi connectivity index (χ3v) is 5.36. The number of hydrazone groups is 1. The molecule has 0 saturated heterocycles. The zero-order chi connectivity index (χ0) is 19.8. The smallest absolute Gasteiger partial charge is 0.439 e. The molecule has 2 atom stereocenters. The standard InChI is InChI=1S/C19H23F3N2O3/c1-12-8-9-14(10-13(12)2)27-11-17(25)24-18(26,19(20,21)22)15-6-4-3-5-7-16(15)23-24/h8-10,15,26H,3-7,11H2,1-2H3/t15-,18+/m1/s1. The molecule has 0 spiro atoms. The van der Waals surface area contributed by atoms with E-state index in [0.717, 1.165) is 17.5 Å². The van der Waals surface area contributed by atoms with Gasteiger partial charge in [0.25, 0.3) is 11.6 Å². The van der Waals surface area contributed by atoms with Crippen molar-refractivity contribution < 1.29 is 27.8 Å². The summed E-state index contributed by atoms with van der Waals surface area (Å²) in [5.41, 5.74) is -1.09. The molecule has 1 amide bonds. The number of hydrogen-bond acceptors (Lipinski definition) is 4. The number of ether oxygens (including phenoxy) is 1. The molecule has 148 valence electrons. The fraction of sp³-hybridized carbons (Fsp3) is 0.579. The van der Waals surface area contributed by atoms with Crippen molar-refractivity contribution in [3.05, 3.63) is 29.3 Å². The molecule has 1 saturated carbocycles. The normalized spacial score (nSPS) is 25.6. The summed E-state index contributed by atoms with van der Waals surface area (Å²) in [6.45, 7) is 3.15. The van der Waals surface area contributed by atoms with E-state index in [1.165, 1.54) is 0 Å². The first-order valence-corrected chi connectivity index (χ1v) is 9.04. The van der Waals surface area contributed by atoms with Gasteiger partial charge in [0.1, 0.15) is 5.75 Å². The van der Waals surface area contributed by atoms with E-state index < -0.39 is 30.3 Å². The van der Waals surface area contributed by atoms with Crippen LogP contribution in [-0.2, 0) is 4.79 Å². The van der Waals surface area contributed by atoms with Crippen LogP contribution in [0, 0.1) is 19.8 Å². The maximum Gasteiger partial charge on any atom is 0.439 e. The Bertz CT molecular complexity index is 763. The lowest BCUT2D eigenvalue weighted by Crippen LogP contribution is -2.61. The Labute approximate surface area is 155 Å². The van der Waals surface area contributed by atoms with Crippen molar-refractivity contribution in [2.45, 2.75) is 57.9 Å². The summed E-state index contributed by atoms with van der Waals surface area (Å²) in [6, 6.07) is 5.15. The van der Waals surface area contributed by atoms with Crippen molar-refractivity contribution in [2.24, 2.45) is 11.0 Å². The van der Waals surface area contributed by atoms with E-state index in [1.54, 1.807) is 18.2 Å². The average Bonchev–Trinajstić information content (AvgIpc) is 2.75. The molecule has 1 aromatic carbocycles. The molecular formula is C19H23F3N2O3. The van der Waals surface area contributed by atoms with Crippen LogP contribution in [0.4, 0.5) is 13.2 Å². The number of rotatable bonds is 3. The lowest BCUT2D eigenvalue weighted by molar-refractivity contribution is -0.317. The first-order chi connectivity index (χ1) is 12.6. The van der Waals surface area contributed by atoms with Gasteiger partial charge in [0.2, 0.25) is 0 Å². The maximum absolute atomic E-state index is 13.8. The zero-order valence-electron chi connectivity index (χ0n) is 15.3. The van der Waals surface area contributed by atoms with E-state index in [1.807, 2.05) is 13.8 Å². The molecule has 0 radical (unpaired) electrons. The Hall–Kier alpha value is -2.09. The van der Waals surface area contributed by atoms with E-state index >= 15 is 0 Å². The number of halogens is 3. The van der Waals surface area contributed by atoms with Gasteiger partial charge in [-0.15, -0.1) is 0 Å². The van der Waals surface area contributed by atoms with E-state index in [2.05, 4.69) is 5.10 Å². The molecule has 3 rings (SSSR count). The van der Waals surface area contributed by atoms with Crippen LogP contribution in [0.15, 0.2) is 23.3 Å². The highest BCUT2D eigenvalue weighted by Crippen LogP contribution is 2.47. The topological polar surface area (TPSA) is 62.1 Å². The quantitative estimate of drug-likeness (QED) is 0.864. The van der Waals surface area contributed by atoms with E-state index in [-0.39, 0.29) is 17.1 Å². The van der Waals surface area contributed by atoms with Crippen LogP contribution in [-0.4, -0.2) is 40.2 Å². The highest BCUT2D eigenvalue weighted by Gasteiger charge is 2.68. The molecule has 1 aromatic rings. The van der Waals surface area contributed by atoms with Gasteiger partial charge in [-0.05, 0) is 56.4 Å². The van der Waals surface area contributed by atoms with Gasteiger partial charge in [-0.1, -0.05) is 18.9 Å². The molecule has 0 unspecified atom stereocenters. The van der Waals surface area contributed by atoms with Gasteiger partial charge in [0.15, 0.2) is 6.61 Å². The van der Waals surface area contributed by atoms with Crippen LogP contribution in [0.5, 0.6) is 5.75 Å². The second-order valence-corrected chi connectivity index (χ2v) is 7.21. The van der Waals surface area contributed by atoms with Crippen molar-refractivity contribution in [3.63, 3.8) is 0 Å². The Balaban J connectivity index is 1.81. The third-order valence-electron chi connectivity index (χ3n) is 5.36. The van der Waals surface area contributed by atoms with Crippen molar-refractivity contribution >= 4 is 11.6 Å². The number of nitrogens with zero attached hydrogens (tertiary/aromatic N) is 2. The zero-order valence-corrected chi connectivity index (χ0v) is 15.3. The summed E-state index contributed by atoms with van der Waals surface area (Å²) in [5, 5.41) is 14.6. The Kier molecular flexibility index (Phi) is 5.20. The SMILES string of the molecule is Cc1ccc(OCC(=O)N2N=C3CCCCC[C@H]3[C@]2(O)C(F)(F)F)cc1C. The summed E-state index contributed by atoms with van der Waals surface area (Å²) >= 11 is 0. The van der Waals surface area contributed by atoms with Crippen molar-refractivity contribution in [3.8, 4) is 5.75 Å². The van der Waals surface area contributed by atoms with Crippen LogP contribution in [0.1, 0.15) is 43.2 Å². The number of aryl methyl sites for hydroxylation is 2. The summed E-state index contributed by atoms with van der Waals surface area (Å²) in [5.74, 6) is -1.86. The van der Waals surface area contributed by atoms with Gasteiger partial charge in [0, 0.05) is 5.71 Å². The molecule has 27 heavy (non-hydrogen) atoms. The van der Waals surface area contributed by atoms with E-state index in [0.29, 0.717) is 25.0 Å². The van der Waals surface area contributed by atoms with Crippen molar-refractivity contribution in [1.29, 1.82) is 0 Å². The molecule has 1 fully saturated rings. The van der Waals surface area contributed by atoms with Crippen LogP contribution in [0.25, 0.3) is 0 Å². The molecule has 2 aliphatic rings. The molecule has 1 heterocycles. The fourth-order valence-electron chi connectivity index (χ4n) is 3.65. The highest BCUT2D eigenvalue weighted by molar-refractivity contribution is 5.93. The molecule has 8 heteroatoms. The molecule has 1 aliphatic carbocycles. The molecule has 1 N–H and O–H groups in total. The van der Waals surface area contributed by atoms with E-state index in [9.17, 15) is 23.1 Å². The molecule has 0 bridgehead atoms. The number of alkyl halides is 3. The fourth-order valence-corrected chi connectivity index (χ4v) is 3.65. The largest absolute Gasteiger partial charge is 0.484 e. The summed E-state index contributed by atoms with van der Waals surface area (Å²) in [4.78, 5) is 12.5. The number of aliphatic hydroxyl groups is 1. The van der Waals surface area contributed by atoms with Crippen LogP contribution in [0.2, 0.25) is 0 Å². The maximum atomic E-state index is 13.8. The Morgan fingerprint density at radius 3 is 2.70 bits per heavy atom. The van der Waals surface area contributed by atoms with E-state index in [4.69, 9.17) is 4.74 Å². The summed E-state index contributed by atoms with van der Waals surface area (Å²) < 4.78 is 46.6. The minimum Gasteiger partial charge on any atom is -0.484 e. The first kappa shape index (κ1) is 19.7. The molecule has 5 nitrogen and oxygen atoms in total. The lowest BCUT2D eigenvalue weighted by atomic mass is 9.87. The number of hydrogen-bond donors (Lipinski definition) is 1. The second kappa shape index (κ2) is 7.14. The van der Waals surface area contributed by atoms with Gasteiger partial charge in [-0.3, -0.25) is 4.79 Å². The molecular weight excluding hydrogens is 361 g/mol. The Morgan fingerprint density at radius 2 is 2.04 bits per heavy atom. The first-order valence-electron chi connectivity index (χ1n) is 9.04. The minimum atomic E-state index is -5.01. The molecule has 0 aromatic heterocycles. The number of fused-ring (bicyclic) bond motifs is 1. The van der Waals surface area contributed by atoms with Crippen LogP contribution in [0.3, 0.4) is 0 Å². The number of carbonyl (C=O) groups excluding carboxylic acids is 1. The summed E-state index contributed by atoms with van der Waals surface area (Å²) in [6.07, 6.45) is -2.47. The van der Waals surface area contributed by atoms with Crippen LogP contribution < -0.4 is 4.74 Å².